The first-order valence-electron chi connectivity index (χ1n) is 9.05. The number of hydrogen-bond donors (Lipinski definition) is 0. The van der Waals surface area contributed by atoms with Crippen molar-refractivity contribution < 1.29 is 38.1 Å². The fourth-order valence-electron chi connectivity index (χ4n) is 3.04. The van der Waals surface area contributed by atoms with E-state index in [1.807, 2.05) is 6.07 Å². The topological polar surface area (TPSA) is 134 Å². The van der Waals surface area contributed by atoms with Crippen LogP contribution in [-0.4, -0.2) is 57.0 Å². The van der Waals surface area contributed by atoms with Gasteiger partial charge in [-0.3, -0.25) is 0 Å². The molecule has 10 heteroatoms. The normalized spacial score (nSPS) is 10.4. The second-order valence-corrected chi connectivity index (χ2v) is 6.34. The van der Waals surface area contributed by atoms with Gasteiger partial charge >= 0.3 is 24.0 Å². The summed E-state index contributed by atoms with van der Waals surface area (Å²) >= 11 is 0. The Bertz CT molecular complexity index is 1170. The van der Waals surface area contributed by atoms with Crippen LogP contribution in [-0.2, 0) is 18.9 Å². The maximum Gasteiger partial charge on any atom is 0.418 e. The second kappa shape index (κ2) is 10.1. The molecule has 0 saturated heterocycles. The number of aromatic nitrogens is 1. The Labute approximate surface area is 183 Å². The Morgan fingerprint density at radius 3 is 2.00 bits per heavy atom. The van der Waals surface area contributed by atoms with E-state index in [1.165, 1.54) is 25.3 Å². The predicted octanol–water partition coefficient (Wildman–Crippen LogP) is 2.81. The summed E-state index contributed by atoms with van der Waals surface area (Å²) in [6.07, 6.45) is 3.00. The Hall–Kier alpha value is -4.39. The molecule has 1 aromatic heterocycles. The van der Waals surface area contributed by atoms with Gasteiger partial charge in [-0.1, -0.05) is 18.2 Å². The average molecular weight is 440 g/mol. The van der Waals surface area contributed by atoms with Crippen molar-refractivity contribution in [2.24, 2.45) is 0 Å². The summed E-state index contributed by atoms with van der Waals surface area (Å²) in [5.41, 5.74) is 0.620. The lowest BCUT2D eigenvalue weighted by Gasteiger charge is -2.11. The largest absolute Gasteiger partial charge is 0.465 e. The number of methoxy groups -OCH3 is 4. The van der Waals surface area contributed by atoms with Gasteiger partial charge in [0.1, 0.15) is 11.8 Å². The zero-order chi connectivity index (χ0) is 24.0. The third kappa shape index (κ3) is 4.52. The number of nitrogens with zero attached hydrogens (tertiary/aromatic N) is 2. The molecule has 0 aliphatic heterocycles. The van der Waals surface area contributed by atoms with Crippen LogP contribution >= 0.6 is 0 Å². The van der Waals surface area contributed by atoms with E-state index in [1.54, 1.807) is 13.0 Å². The molecule has 0 bridgehead atoms. The van der Waals surface area contributed by atoms with Crippen LogP contribution in [0.5, 0.6) is 0 Å². The summed E-state index contributed by atoms with van der Waals surface area (Å²) < 4.78 is 19.8. The Balaban J connectivity index is 2.79. The molecular formula is C22H20N2O8. The van der Waals surface area contributed by atoms with Gasteiger partial charge in [0.15, 0.2) is 0 Å². The van der Waals surface area contributed by atoms with Gasteiger partial charge in [0.05, 0.1) is 45.1 Å². The van der Waals surface area contributed by atoms with E-state index in [4.69, 9.17) is 14.2 Å². The van der Waals surface area contributed by atoms with E-state index < -0.39 is 24.0 Å². The van der Waals surface area contributed by atoms with Crippen molar-refractivity contribution >= 4 is 36.2 Å². The summed E-state index contributed by atoms with van der Waals surface area (Å²) in [5, 5.41) is 9.58. The molecule has 10 nitrogen and oxygen atoms in total. The minimum atomic E-state index is -0.884. The highest BCUT2D eigenvalue weighted by molar-refractivity contribution is 6.06. The van der Waals surface area contributed by atoms with Crippen LogP contribution in [0.15, 0.2) is 18.3 Å². The predicted molar refractivity (Wildman–Crippen MR) is 111 cm³/mol. The fourth-order valence-corrected chi connectivity index (χ4v) is 3.04. The molecule has 32 heavy (non-hydrogen) atoms. The van der Waals surface area contributed by atoms with Gasteiger partial charge in [0.2, 0.25) is 0 Å². The summed E-state index contributed by atoms with van der Waals surface area (Å²) in [6.45, 7) is 1.71. The van der Waals surface area contributed by atoms with Gasteiger partial charge in [-0.15, -0.1) is 0 Å². The van der Waals surface area contributed by atoms with Gasteiger partial charge in [-0.2, -0.15) is 5.26 Å². The lowest BCUT2D eigenvalue weighted by atomic mass is 9.96. The lowest BCUT2D eigenvalue weighted by Crippen LogP contribution is -2.14. The van der Waals surface area contributed by atoms with Gasteiger partial charge in [-0.05, 0) is 24.1 Å². The molecule has 0 saturated carbocycles. The third-order valence-corrected chi connectivity index (χ3v) is 4.46. The standard InChI is InChI=1S/C22H20N2O8/c1-12-8-13(18(21(27)31-4)15(9-12)19(25)29-2)6-7-14-16(20(26)30-3)11-24(17(14)10-23)22(28)32-5/h6-9,11H,1-5H3/b7-6+. The first kappa shape index (κ1) is 23.9. The number of benzene rings is 1. The van der Waals surface area contributed by atoms with Gasteiger partial charge in [0.25, 0.3) is 0 Å². The Kier molecular flexibility index (Phi) is 7.52. The molecule has 1 heterocycles. The molecule has 0 aliphatic carbocycles. The molecule has 0 amide bonds. The zero-order valence-corrected chi connectivity index (χ0v) is 18.0. The maximum absolute atomic E-state index is 12.4. The number of nitriles is 1. The maximum atomic E-state index is 12.4. The SMILES string of the molecule is COC(=O)c1cn(C(=O)OC)c(C#N)c1/C=C/c1cc(C)cc(C(=O)OC)c1C(=O)OC. The van der Waals surface area contributed by atoms with Crippen LogP contribution < -0.4 is 0 Å². The number of ether oxygens (including phenoxy) is 4. The van der Waals surface area contributed by atoms with Crippen LogP contribution in [0.25, 0.3) is 12.2 Å². The van der Waals surface area contributed by atoms with E-state index in [2.05, 4.69) is 4.74 Å². The number of rotatable bonds is 5. The molecule has 0 fully saturated rings. The van der Waals surface area contributed by atoms with E-state index in [-0.39, 0.29) is 33.5 Å². The van der Waals surface area contributed by atoms with Crippen molar-refractivity contribution in [3.63, 3.8) is 0 Å². The second-order valence-electron chi connectivity index (χ2n) is 6.34. The Morgan fingerprint density at radius 2 is 1.47 bits per heavy atom. The number of carbonyl (C=O) groups excluding carboxylic acids is 4. The van der Waals surface area contributed by atoms with Crippen molar-refractivity contribution in [1.82, 2.24) is 4.57 Å². The van der Waals surface area contributed by atoms with Gasteiger partial charge in [0, 0.05) is 11.8 Å². The van der Waals surface area contributed by atoms with Gasteiger partial charge in [-0.25, -0.2) is 23.7 Å². The first-order valence-corrected chi connectivity index (χ1v) is 9.05. The van der Waals surface area contributed by atoms with E-state index >= 15 is 0 Å². The molecular weight excluding hydrogens is 420 g/mol. The molecule has 1 aromatic carbocycles. The Morgan fingerprint density at radius 1 is 0.875 bits per heavy atom. The number of aryl methyl sites for hydroxylation is 1. The van der Waals surface area contributed by atoms with Crippen LogP contribution in [0.4, 0.5) is 4.79 Å². The number of hydrogen-bond acceptors (Lipinski definition) is 9. The highest BCUT2D eigenvalue weighted by Gasteiger charge is 2.25. The van der Waals surface area contributed by atoms with Crippen LogP contribution in [0.1, 0.15) is 53.5 Å². The van der Waals surface area contributed by atoms with Crippen LogP contribution in [0, 0.1) is 18.3 Å². The highest BCUT2D eigenvalue weighted by atomic mass is 16.5. The molecule has 2 aromatic rings. The van der Waals surface area contributed by atoms with E-state index in [9.17, 15) is 24.4 Å². The average Bonchev–Trinajstić information content (AvgIpc) is 3.18. The molecule has 0 radical (unpaired) electrons. The minimum absolute atomic E-state index is 0.0140. The van der Waals surface area contributed by atoms with E-state index in [0.29, 0.717) is 5.56 Å². The number of carbonyl (C=O) groups is 4. The van der Waals surface area contributed by atoms with Crippen molar-refractivity contribution in [3.05, 3.63) is 57.4 Å². The van der Waals surface area contributed by atoms with Crippen molar-refractivity contribution in [1.29, 1.82) is 5.26 Å². The molecule has 0 N–H and O–H groups in total. The van der Waals surface area contributed by atoms with Gasteiger partial charge < -0.3 is 18.9 Å². The van der Waals surface area contributed by atoms with Crippen molar-refractivity contribution in [2.45, 2.75) is 6.92 Å². The van der Waals surface area contributed by atoms with Crippen molar-refractivity contribution in [2.75, 3.05) is 28.4 Å². The summed E-state index contributed by atoms with van der Waals surface area (Å²) in [7, 11) is 4.62. The van der Waals surface area contributed by atoms with Crippen LogP contribution in [0.3, 0.4) is 0 Å². The summed E-state index contributed by atoms with van der Waals surface area (Å²) in [5.74, 6) is -2.32. The van der Waals surface area contributed by atoms with Crippen LogP contribution in [0.2, 0.25) is 0 Å². The summed E-state index contributed by atoms with van der Waals surface area (Å²) in [4.78, 5) is 48.9. The molecule has 0 aliphatic rings. The first-order chi connectivity index (χ1) is 15.2. The minimum Gasteiger partial charge on any atom is -0.465 e. The molecule has 0 unspecified atom stereocenters. The third-order valence-electron chi connectivity index (χ3n) is 4.46. The molecule has 0 atom stereocenters. The highest BCUT2D eigenvalue weighted by Crippen LogP contribution is 2.25. The molecule has 2 rings (SSSR count). The quantitative estimate of drug-likeness (QED) is 0.508. The molecule has 0 spiro atoms. The smallest absolute Gasteiger partial charge is 0.418 e. The fraction of sp³-hybridized carbons (Fsp3) is 0.227. The number of esters is 3. The van der Waals surface area contributed by atoms with E-state index in [0.717, 1.165) is 32.1 Å². The summed E-state index contributed by atoms with van der Waals surface area (Å²) in [6, 6.07) is 4.93. The van der Waals surface area contributed by atoms with Crippen molar-refractivity contribution in [3.8, 4) is 6.07 Å². The monoisotopic (exact) mass is 440 g/mol. The molecule has 166 valence electrons. The lowest BCUT2D eigenvalue weighted by molar-refractivity contribution is 0.0555. The zero-order valence-electron chi connectivity index (χ0n) is 18.0.